The number of furan rings is 1. The highest BCUT2D eigenvalue weighted by molar-refractivity contribution is 8.00. The second kappa shape index (κ2) is 9.01. The van der Waals surface area contributed by atoms with Crippen LogP contribution < -0.4 is 10.9 Å². The van der Waals surface area contributed by atoms with Crippen molar-refractivity contribution in [3.8, 4) is 0 Å². The fraction of sp³-hybridized carbons (Fsp3) is 0.350. The summed E-state index contributed by atoms with van der Waals surface area (Å²) in [4.78, 5) is 29.3. The number of carbonyl (C=O) groups is 2. The first-order valence-electron chi connectivity index (χ1n) is 9.65. The molecular formula is C20H21N3O5S3. The highest BCUT2D eigenvalue weighted by Gasteiger charge is 2.29. The van der Waals surface area contributed by atoms with E-state index in [0.29, 0.717) is 17.8 Å². The fourth-order valence-electron chi connectivity index (χ4n) is 3.49. The van der Waals surface area contributed by atoms with E-state index in [2.05, 4.69) is 15.8 Å². The predicted octanol–water partition coefficient (Wildman–Crippen LogP) is 3.08. The number of fused-ring (bicyclic) bond motifs is 1. The number of nitrogens with zero attached hydrogens (tertiary/aromatic N) is 1. The van der Waals surface area contributed by atoms with Gasteiger partial charge in [-0.25, -0.2) is 13.4 Å². The van der Waals surface area contributed by atoms with Crippen molar-refractivity contribution >= 4 is 55.7 Å². The second-order valence-corrected chi connectivity index (χ2v) is 11.7. The Balaban J connectivity index is 1.43. The molecule has 1 unspecified atom stereocenters. The topological polar surface area (TPSA) is 118 Å². The van der Waals surface area contributed by atoms with E-state index < -0.39 is 21.7 Å². The van der Waals surface area contributed by atoms with Gasteiger partial charge >= 0.3 is 5.91 Å². The Morgan fingerprint density at radius 1 is 1.29 bits per heavy atom. The van der Waals surface area contributed by atoms with Gasteiger partial charge in [0, 0.05) is 34.2 Å². The molecule has 1 aliphatic heterocycles. The number of hydrogen-bond donors (Lipinski definition) is 2. The number of thioether (sulfide) groups is 1. The van der Waals surface area contributed by atoms with Gasteiger partial charge < -0.3 is 4.42 Å². The average Bonchev–Trinajstić information content (AvgIpc) is 3.41. The van der Waals surface area contributed by atoms with Crippen molar-refractivity contribution in [1.29, 1.82) is 0 Å². The molecule has 0 bridgehead atoms. The molecule has 3 aromatic rings. The normalized spacial score (nSPS) is 17.6. The summed E-state index contributed by atoms with van der Waals surface area (Å²) in [5.74, 6) is -0.477. The molecule has 0 spiro atoms. The third-order valence-electron chi connectivity index (χ3n) is 4.96. The number of nitrogens with one attached hydrogen (secondary N) is 2. The minimum atomic E-state index is -3.05. The fourth-order valence-corrected chi connectivity index (χ4v) is 7.23. The van der Waals surface area contributed by atoms with Crippen LogP contribution in [0.2, 0.25) is 0 Å². The molecule has 2 N–H and O–H groups in total. The monoisotopic (exact) mass is 479 g/mol. The summed E-state index contributed by atoms with van der Waals surface area (Å²) in [6.45, 7) is 1.93. The predicted molar refractivity (Wildman–Crippen MR) is 120 cm³/mol. The van der Waals surface area contributed by atoms with Crippen molar-refractivity contribution < 1.29 is 22.4 Å². The lowest BCUT2D eigenvalue weighted by Crippen LogP contribution is -2.42. The summed E-state index contributed by atoms with van der Waals surface area (Å²) >= 11 is 3.05. The zero-order valence-electron chi connectivity index (χ0n) is 16.7. The maximum absolute atomic E-state index is 12.8. The van der Waals surface area contributed by atoms with Crippen LogP contribution in [0.25, 0.3) is 11.0 Å². The largest absolute Gasteiger partial charge is 0.451 e. The summed E-state index contributed by atoms with van der Waals surface area (Å²) in [5, 5.41) is 2.80. The molecule has 0 saturated carbocycles. The van der Waals surface area contributed by atoms with Crippen molar-refractivity contribution in [2.24, 2.45) is 5.92 Å². The van der Waals surface area contributed by atoms with Crippen molar-refractivity contribution in [3.05, 3.63) is 46.7 Å². The molecule has 0 radical (unpaired) electrons. The number of rotatable bonds is 6. The summed E-state index contributed by atoms with van der Waals surface area (Å²) < 4.78 is 29.8. The number of para-hydroxylation sites is 1. The standard InChI is InChI=1S/C20H21N3O5S3/c1-12-9-29-20(21-12)30-10-15-14-4-2-3-5-16(14)28-18(15)19(25)23-22-17(24)8-13-6-7-31(26,27)11-13/h2-5,9,13H,6-8,10-11H2,1H3,(H,22,24)(H,23,25). The van der Waals surface area contributed by atoms with Gasteiger partial charge in [-0.3, -0.25) is 20.4 Å². The summed E-state index contributed by atoms with van der Waals surface area (Å²) in [6, 6.07) is 7.37. The molecule has 3 heterocycles. The molecule has 2 amide bonds. The molecule has 1 saturated heterocycles. The van der Waals surface area contributed by atoms with E-state index in [9.17, 15) is 18.0 Å². The third-order valence-corrected chi connectivity index (χ3v) is 8.96. The number of amides is 2. The van der Waals surface area contributed by atoms with E-state index in [4.69, 9.17) is 4.42 Å². The Bertz CT molecular complexity index is 1230. The number of hydrogen-bond acceptors (Lipinski definition) is 8. The smallest absolute Gasteiger partial charge is 0.305 e. The van der Waals surface area contributed by atoms with E-state index in [0.717, 1.165) is 21.0 Å². The van der Waals surface area contributed by atoms with Gasteiger partial charge in [-0.2, -0.15) is 0 Å². The Labute approximate surface area is 187 Å². The number of sulfone groups is 1. The zero-order chi connectivity index (χ0) is 22.0. The number of thiazole rings is 1. The lowest BCUT2D eigenvalue weighted by Gasteiger charge is -2.09. The van der Waals surface area contributed by atoms with Crippen molar-refractivity contribution in [2.45, 2.75) is 29.9 Å². The van der Waals surface area contributed by atoms with Crippen LogP contribution in [-0.4, -0.2) is 36.7 Å². The molecule has 1 aliphatic rings. The molecule has 2 aromatic heterocycles. The molecule has 1 fully saturated rings. The maximum Gasteiger partial charge on any atom is 0.305 e. The van der Waals surface area contributed by atoms with E-state index in [1.165, 1.54) is 11.8 Å². The van der Waals surface area contributed by atoms with Gasteiger partial charge in [0.2, 0.25) is 5.91 Å². The number of carbonyl (C=O) groups excluding carboxylic acids is 2. The minimum Gasteiger partial charge on any atom is -0.451 e. The molecule has 4 rings (SSSR count). The van der Waals surface area contributed by atoms with Crippen molar-refractivity contribution in [3.63, 3.8) is 0 Å². The number of aromatic nitrogens is 1. The van der Waals surface area contributed by atoms with E-state index in [1.54, 1.807) is 17.4 Å². The van der Waals surface area contributed by atoms with E-state index in [-0.39, 0.29) is 29.6 Å². The van der Waals surface area contributed by atoms with Crippen LogP contribution in [0.15, 0.2) is 38.4 Å². The molecule has 1 atom stereocenters. The first-order chi connectivity index (χ1) is 14.8. The summed E-state index contributed by atoms with van der Waals surface area (Å²) in [5.41, 5.74) is 7.02. The van der Waals surface area contributed by atoms with Gasteiger partial charge in [-0.1, -0.05) is 30.0 Å². The average molecular weight is 480 g/mol. The minimum absolute atomic E-state index is 0.00947. The summed E-state index contributed by atoms with van der Waals surface area (Å²) in [7, 11) is -3.05. The van der Waals surface area contributed by atoms with E-state index >= 15 is 0 Å². The zero-order valence-corrected chi connectivity index (χ0v) is 19.2. The lowest BCUT2D eigenvalue weighted by atomic mass is 10.1. The Morgan fingerprint density at radius 2 is 2.10 bits per heavy atom. The van der Waals surface area contributed by atoms with Gasteiger partial charge in [0.1, 0.15) is 9.92 Å². The summed E-state index contributed by atoms with van der Waals surface area (Å²) in [6.07, 6.45) is 0.511. The second-order valence-electron chi connectivity index (χ2n) is 7.42. The van der Waals surface area contributed by atoms with Crippen molar-refractivity contribution in [1.82, 2.24) is 15.8 Å². The SMILES string of the molecule is Cc1csc(SCc2c(C(=O)NNC(=O)CC3CCS(=O)(=O)C3)oc3ccccc23)n1. The number of benzene rings is 1. The van der Waals surface area contributed by atoms with E-state index in [1.807, 2.05) is 30.5 Å². The van der Waals surface area contributed by atoms with Crippen molar-refractivity contribution in [2.75, 3.05) is 11.5 Å². The van der Waals surface area contributed by atoms with Gasteiger partial charge in [0.05, 0.1) is 11.5 Å². The first kappa shape index (κ1) is 21.8. The quantitative estimate of drug-likeness (QED) is 0.412. The van der Waals surface area contributed by atoms with Gasteiger partial charge in [0.25, 0.3) is 0 Å². The van der Waals surface area contributed by atoms with Crippen LogP contribution in [0.1, 0.15) is 34.7 Å². The van der Waals surface area contributed by atoms with Crippen LogP contribution in [0.4, 0.5) is 0 Å². The van der Waals surface area contributed by atoms with Crippen LogP contribution in [-0.2, 0) is 20.4 Å². The van der Waals surface area contributed by atoms with Crippen LogP contribution in [0.3, 0.4) is 0 Å². The van der Waals surface area contributed by atoms with Gasteiger partial charge in [0.15, 0.2) is 15.6 Å². The molecule has 11 heteroatoms. The molecule has 0 aliphatic carbocycles. The highest BCUT2D eigenvalue weighted by atomic mass is 32.2. The molecule has 1 aromatic carbocycles. The molecule has 164 valence electrons. The molecule has 31 heavy (non-hydrogen) atoms. The van der Waals surface area contributed by atoms with Crippen LogP contribution >= 0.6 is 23.1 Å². The Kier molecular flexibility index (Phi) is 6.35. The molecular weight excluding hydrogens is 458 g/mol. The Morgan fingerprint density at radius 3 is 2.81 bits per heavy atom. The highest BCUT2D eigenvalue weighted by Crippen LogP contribution is 2.33. The van der Waals surface area contributed by atoms with Gasteiger partial charge in [-0.05, 0) is 25.3 Å². The maximum atomic E-state index is 12.8. The van der Waals surface area contributed by atoms with Crippen LogP contribution in [0.5, 0.6) is 0 Å². The third kappa shape index (κ3) is 5.28. The van der Waals surface area contributed by atoms with Crippen LogP contribution in [0, 0.1) is 12.8 Å². The lowest BCUT2D eigenvalue weighted by molar-refractivity contribution is -0.122. The molecule has 8 nitrogen and oxygen atoms in total. The van der Waals surface area contributed by atoms with Gasteiger partial charge in [-0.15, -0.1) is 11.3 Å². The first-order valence-corrected chi connectivity index (χ1v) is 13.3. The number of aryl methyl sites for hydroxylation is 1. The Hall–Kier alpha value is -2.37. The number of hydrazine groups is 1.